The third-order valence-electron chi connectivity index (χ3n) is 2.23. The van der Waals surface area contributed by atoms with Gasteiger partial charge in [-0.15, -0.1) is 0 Å². The van der Waals surface area contributed by atoms with E-state index in [0.717, 1.165) is 36.5 Å². The molecule has 0 atom stereocenters. The van der Waals surface area contributed by atoms with Crippen LogP contribution in [-0.2, 0) is 4.74 Å². The van der Waals surface area contributed by atoms with Crippen LogP contribution in [0.5, 0.6) is 0 Å². The van der Waals surface area contributed by atoms with Gasteiger partial charge in [-0.3, -0.25) is 0 Å². The van der Waals surface area contributed by atoms with E-state index in [-0.39, 0.29) is 0 Å². The quantitative estimate of drug-likeness (QED) is 0.824. The Bertz CT molecular complexity index is 326. The van der Waals surface area contributed by atoms with Crippen molar-refractivity contribution in [2.24, 2.45) is 0 Å². The molecule has 1 aliphatic heterocycles. The summed E-state index contributed by atoms with van der Waals surface area (Å²) in [5, 5.41) is 0. The standard InChI is InChI=1S/C9H12BrN3O/c10-8-5-7(6-12-9(8)11)13-1-3-14-4-2-13/h5-6H,1-4H2,(H2,11,12). The summed E-state index contributed by atoms with van der Waals surface area (Å²) >= 11 is 3.37. The highest BCUT2D eigenvalue weighted by molar-refractivity contribution is 9.10. The van der Waals surface area contributed by atoms with Crippen molar-refractivity contribution in [2.45, 2.75) is 0 Å². The molecule has 0 spiro atoms. The van der Waals surface area contributed by atoms with Crippen LogP contribution in [0.1, 0.15) is 0 Å². The topological polar surface area (TPSA) is 51.4 Å². The first-order valence-corrected chi connectivity index (χ1v) is 5.30. The smallest absolute Gasteiger partial charge is 0.137 e. The minimum Gasteiger partial charge on any atom is -0.383 e. The SMILES string of the molecule is Nc1ncc(N2CCOCC2)cc1Br. The van der Waals surface area contributed by atoms with Crippen molar-refractivity contribution in [1.82, 2.24) is 4.98 Å². The van der Waals surface area contributed by atoms with Gasteiger partial charge in [-0.2, -0.15) is 0 Å². The number of pyridine rings is 1. The second-order valence-electron chi connectivity index (χ2n) is 3.16. The highest BCUT2D eigenvalue weighted by Gasteiger charge is 2.12. The Labute approximate surface area is 91.2 Å². The molecular formula is C9H12BrN3O. The molecule has 14 heavy (non-hydrogen) atoms. The average Bonchev–Trinajstić information content (AvgIpc) is 2.23. The molecule has 1 aromatic rings. The summed E-state index contributed by atoms with van der Waals surface area (Å²) in [6.07, 6.45) is 1.80. The predicted molar refractivity (Wildman–Crippen MR) is 59.4 cm³/mol. The zero-order valence-corrected chi connectivity index (χ0v) is 9.33. The molecule has 2 heterocycles. The van der Waals surface area contributed by atoms with Gasteiger partial charge in [-0.05, 0) is 22.0 Å². The van der Waals surface area contributed by atoms with Crippen LogP contribution in [0.2, 0.25) is 0 Å². The summed E-state index contributed by atoms with van der Waals surface area (Å²) in [6.45, 7) is 3.39. The second-order valence-corrected chi connectivity index (χ2v) is 4.01. The van der Waals surface area contributed by atoms with Crippen molar-refractivity contribution in [2.75, 3.05) is 36.9 Å². The summed E-state index contributed by atoms with van der Waals surface area (Å²) in [5.74, 6) is 0.530. The fraction of sp³-hybridized carbons (Fsp3) is 0.444. The summed E-state index contributed by atoms with van der Waals surface area (Å²) in [6, 6.07) is 1.99. The van der Waals surface area contributed by atoms with E-state index in [1.807, 2.05) is 6.07 Å². The first-order valence-electron chi connectivity index (χ1n) is 4.51. The number of rotatable bonds is 1. The summed E-state index contributed by atoms with van der Waals surface area (Å²) in [7, 11) is 0. The van der Waals surface area contributed by atoms with E-state index in [1.54, 1.807) is 6.20 Å². The highest BCUT2D eigenvalue weighted by atomic mass is 79.9. The normalized spacial score (nSPS) is 17.1. The second kappa shape index (κ2) is 4.14. The average molecular weight is 258 g/mol. The molecule has 0 unspecified atom stereocenters. The van der Waals surface area contributed by atoms with Crippen molar-refractivity contribution >= 4 is 27.4 Å². The number of nitrogens with two attached hydrogens (primary N) is 1. The predicted octanol–water partition coefficient (Wildman–Crippen LogP) is 1.26. The van der Waals surface area contributed by atoms with Gasteiger partial charge in [0.2, 0.25) is 0 Å². The molecular weight excluding hydrogens is 246 g/mol. The van der Waals surface area contributed by atoms with E-state index in [4.69, 9.17) is 10.5 Å². The Balaban J connectivity index is 2.18. The lowest BCUT2D eigenvalue weighted by Gasteiger charge is -2.28. The van der Waals surface area contributed by atoms with Crippen LogP contribution in [0.15, 0.2) is 16.7 Å². The zero-order chi connectivity index (χ0) is 9.97. The Hall–Kier alpha value is -0.810. The lowest BCUT2D eigenvalue weighted by Crippen LogP contribution is -2.36. The fourth-order valence-corrected chi connectivity index (χ4v) is 1.77. The van der Waals surface area contributed by atoms with Gasteiger partial charge in [0.15, 0.2) is 0 Å². The van der Waals surface area contributed by atoms with Crippen LogP contribution in [-0.4, -0.2) is 31.3 Å². The Kier molecular flexibility index (Phi) is 2.88. The first-order chi connectivity index (χ1) is 6.77. The van der Waals surface area contributed by atoms with E-state index < -0.39 is 0 Å². The zero-order valence-electron chi connectivity index (χ0n) is 7.74. The fourth-order valence-electron chi connectivity index (χ4n) is 1.43. The number of nitrogens with zero attached hydrogens (tertiary/aromatic N) is 2. The number of aromatic nitrogens is 1. The van der Waals surface area contributed by atoms with Crippen LogP contribution < -0.4 is 10.6 Å². The van der Waals surface area contributed by atoms with Crippen molar-refractivity contribution in [3.8, 4) is 0 Å². The summed E-state index contributed by atoms with van der Waals surface area (Å²) < 4.78 is 6.13. The van der Waals surface area contributed by atoms with Crippen LogP contribution in [0.25, 0.3) is 0 Å². The van der Waals surface area contributed by atoms with Gasteiger partial charge < -0.3 is 15.4 Å². The van der Waals surface area contributed by atoms with Gasteiger partial charge >= 0.3 is 0 Å². The monoisotopic (exact) mass is 257 g/mol. The third-order valence-corrected chi connectivity index (χ3v) is 2.87. The van der Waals surface area contributed by atoms with Crippen molar-refractivity contribution < 1.29 is 4.74 Å². The Morgan fingerprint density at radius 1 is 1.43 bits per heavy atom. The van der Waals surface area contributed by atoms with Crippen LogP contribution in [0.3, 0.4) is 0 Å². The maximum Gasteiger partial charge on any atom is 0.137 e. The largest absolute Gasteiger partial charge is 0.383 e. The molecule has 1 fully saturated rings. The van der Waals surface area contributed by atoms with Crippen LogP contribution in [0, 0.1) is 0 Å². The molecule has 1 aliphatic rings. The van der Waals surface area contributed by atoms with E-state index in [2.05, 4.69) is 25.8 Å². The number of halogens is 1. The van der Waals surface area contributed by atoms with Gasteiger partial charge in [0.25, 0.3) is 0 Å². The minimum atomic E-state index is 0.530. The molecule has 5 heteroatoms. The molecule has 0 aliphatic carbocycles. The van der Waals surface area contributed by atoms with E-state index >= 15 is 0 Å². The minimum absolute atomic E-state index is 0.530. The molecule has 1 aromatic heterocycles. The number of ether oxygens (including phenoxy) is 1. The van der Waals surface area contributed by atoms with Crippen molar-refractivity contribution in [3.63, 3.8) is 0 Å². The van der Waals surface area contributed by atoms with Gasteiger partial charge in [-0.25, -0.2) is 4.98 Å². The van der Waals surface area contributed by atoms with Crippen molar-refractivity contribution in [1.29, 1.82) is 0 Å². The molecule has 0 radical (unpaired) electrons. The van der Waals surface area contributed by atoms with Gasteiger partial charge in [0, 0.05) is 13.1 Å². The molecule has 2 rings (SSSR count). The Morgan fingerprint density at radius 3 is 2.79 bits per heavy atom. The molecule has 0 amide bonds. The summed E-state index contributed by atoms with van der Waals surface area (Å²) in [4.78, 5) is 6.34. The molecule has 2 N–H and O–H groups in total. The van der Waals surface area contributed by atoms with Gasteiger partial charge in [-0.1, -0.05) is 0 Å². The van der Waals surface area contributed by atoms with Gasteiger partial charge in [0.1, 0.15) is 5.82 Å². The molecule has 0 aromatic carbocycles. The first kappa shape index (κ1) is 9.73. The number of anilines is 2. The maximum absolute atomic E-state index is 5.62. The lowest BCUT2D eigenvalue weighted by molar-refractivity contribution is 0.122. The number of hydrogen-bond donors (Lipinski definition) is 1. The molecule has 76 valence electrons. The van der Waals surface area contributed by atoms with E-state index in [0.29, 0.717) is 5.82 Å². The van der Waals surface area contributed by atoms with E-state index in [1.165, 1.54) is 0 Å². The Morgan fingerprint density at radius 2 is 2.14 bits per heavy atom. The van der Waals surface area contributed by atoms with Crippen LogP contribution in [0.4, 0.5) is 11.5 Å². The maximum atomic E-state index is 5.62. The third kappa shape index (κ3) is 1.99. The number of nitrogen functional groups attached to an aromatic ring is 1. The summed E-state index contributed by atoms with van der Waals surface area (Å²) in [5.41, 5.74) is 6.71. The number of morpholine rings is 1. The highest BCUT2D eigenvalue weighted by Crippen LogP contribution is 2.23. The molecule has 0 bridgehead atoms. The molecule has 0 saturated carbocycles. The van der Waals surface area contributed by atoms with Crippen LogP contribution >= 0.6 is 15.9 Å². The van der Waals surface area contributed by atoms with E-state index in [9.17, 15) is 0 Å². The number of hydrogen-bond acceptors (Lipinski definition) is 4. The van der Waals surface area contributed by atoms with Crippen molar-refractivity contribution in [3.05, 3.63) is 16.7 Å². The van der Waals surface area contributed by atoms with Gasteiger partial charge in [0.05, 0.1) is 29.6 Å². The lowest BCUT2D eigenvalue weighted by atomic mass is 10.3. The molecule has 4 nitrogen and oxygen atoms in total. The molecule has 1 saturated heterocycles.